The molecule has 0 heterocycles. The molecule has 0 bridgehead atoms. The first-order chi connectivity index (χ1) is 7.15. The van der Waals surface area contributed by atoms with Gasteiger partial charge in [-0.05, 0) is 32.2 Å². The summed E-state index contributed by atoms with van der Waals surface area (Å²) in [4.78, 5) is 2.50. The predicted octanol–water partition coefficient (Wildman–Crippen LogP) is 2.62. The Hall–Kier alpha value is -0.0800. The molecule has 3 atom stereocenters. The van der Waals surface area contributed by atoms with Crippen LogP contribution in [-0.2, 0) is 0 Å². The van der Waals surface area contributed by atoms with E-state index in [0.29, 0.717) is 6.04 Å². The van der Waals surface area contributed by atoms with Crippen LogP contribution in [0.3, 0.4) is 0 Å². The standard InChI is InChI=1S/C13H28N2/c1-4-7-12(14)10-15(3)13-9-6-5-8-11(13)2/h11-13H,4-10,14H2,1-3H3. The Bertz CT molecular complexity index is 170. The fraction of sp³-hybridized carbons (Fsp3) is 1.00. The molecule has 1 aliphatic rings. The summed E-state index contributed by atoms with van der Waals surface area (Å²) in [6.45, 7) is 5.68. The molecule has 3 unspecified atom stereocenters. The first kappa shape index (κ1) is 13.0. The molecule has 2 N–H and O–H groups in total. The van der Waals surface area contributed by atoms with Gasteiger partial charge in [-0.3, -0.25) is 0 Å². The summed E-state index contributed by atoms with van der Waals surface area (Å²) in [6, 6.07) is 1.15. The lowest BCUT2D eigenvalue weighted by atomic mass is 9.85. The van der Waals surface area contributed by atoms with E-state index in [0.717, 1.165) is 24.9 Å². The molecule has 15 heavy (non-hydrogen) atoms. The summed E-state index contributed by atoms with van der Waals surface area (Å²) in [5.41, 5.74) is 6.10. The van der Waals surface area contributed by atoms with Crippen molar-refractivity contribution in [2.45, 2.75) is 64.5 Å². The number of nitrogens with two attached hydrogens (primary N) is 1. The summed E-state index contributed by atoms with van der Waals surface area (Å²) >= 11 is 0. The molecule has 1 aliphatic carbocycles. The minimum absolute atomic E-state index is 0.370. The molecule has 0 amide bonds. The van der Waals surface area contributed by atoms with Gasteiger partial charge in [-0.25, -0.2) is 0 Å². The largest absolute Gasteiger partial charge is 0.327 e. The minimum atomic E-state index is 0.370. The predicted molar refractivity (Wildman–Crippen MR) is 66.9 cm³/mol. The van der Waals surface area contributed by atoms with Gasteiger partial charge in [0.05, 0.1) is 0 Å². The molecule has 1 fully saturated rings. The van der Waals surface area contributed by atoms with E-state index in [1.54, 1.807) is 0 Å². The summed E-state index contributed by atoms with van der Waals surface area (Å²) in [5.74, 6) is 0.859. The van der Waals surface area contributed by atoms with Crippen LogP contribution in [0, 0.1) is 5.92 Å². The topological polar surface area (TPSA) is 29.3 Å². The highest BCUT2D eigenvalue weighted by Crippen LogP contribution is 2.27. The Balaban J connectivity index is 2.34. The van der Waals surface area contributed by atoms with Crippen LogP contribution in [0.4, 0.5) is 0 Å². The second-order valence-corrected chi connectivity index (χ2v) is 5.32. The van der Waals surface area contributed by atoms with Gasteiger partial charge in [-0.1, -0.05) is 33.1 Å². The molecule has 0 radical (unpaired) electrons. The average Bonchev–Trinajstić information content (AvgIpc) is 2.18. The number of nitrogens with zero attached hydrogens (tertiary/aromatic N) is 1. The highest BCUT2D eigenvalue weighted by molar-refractivity contribution is 4.81. The van der Waals surface area contributed by atoms with Crippen LogP contribution in [-0.4, -0.2) is 30.6 Å². The van der Waals surface area contributed by atoms with Crippen molar-refractivity contribution in [2.75, 3.05) is 13.6 Å². The van der Waals surface area contributed by atoms with Gasteiger partial charge in [0.15, 0.2) is 0 Å². The maximum absolute atomic E-state index is 6.10. The van der Waals surface area contributed by atoms with Gasteiger partial charge in [-0.2, -0.15) is 0 Å². The third-order valence-electron chi connectivity index (χ3n) is 3.81. The molecule has 0 aromatic rings. The van der Waals surface area contributed by atoms with E-state index in [1.807, 2.05) is 0 Å². The zero-order chi connectivity index (χ0) is 11.3. The van der Waals surface area contributed by atoms with E-state index >= 15 is 0 Å². The smallest absolute Gasteiger partial charge is 0.0167 e. The second-order valence-electron chi connectivity index (χ2n) is 5.32. The SMILES string of the molecule is CCCC(N)CN(C)C1CCCCC1C. The van der Waals surface area contributed by atoms with Gasteiger partial charge in [-0.15, -0.1) is 0 Å². The Morgan fingerprint density at radius 3 is 2.60 bits per heavy atom. The Morgan fingerprint density at radius 1 is 1.33 bits per heavy atom. The van der Waals surface area contributed by atoms with Crippen LogP contribution in [0.25, 0.3) is 0 Å². The lowest BCUT2D eigenvalue weighted by Gasteiger charge is -2.37. The summed E-state index contributed by atoms with van der Waals surface area (Å²) < 4.78 is 0. The van der Waals surface area contributed by atoms with Gasteiger partial charge in [0, 0.05) is 18.6 Å². The number of likely N-dealkylation sites (N-methyl/N-ethyl adjacent to an activating group) is 1. The highest BCUT2D eigenvalue weighted by atomic mass is 15.1. The molecule has 0 aromatic carbocycles. The van der Waals surface area contributed by atoms with E-state index in [4.69, 9.17) is 5.73 Å². The second kappa shape index (κ2) is 6.49. The van der Waals surface area contributed by atoms with E-state index < -0.39 is 0 Å². The van der Waals surface area contributed by atoms with E-state index in [2.05, 4.69) is 25.8 Å². The van der Waals surface area contributed by atoms with Crippen LogP contribution >= 0.6 is 0 Å². The normalized spacial score (nSPS) is 29.4. The van der Waals surface area contributed by atoms with Crippen molar-refractivity contribution in [2.24, 2.45) is 11.7 Å². The monoisotopic (exact) mass is 212 g/mol. The van der Waals surface area contributed by atoms with Crippen molar-refractivity contribution in [1.82, 2.24) is 4.90 Å². The van der Waals surface area contributed by atoms with E-state index in [9.17, 15) is 0 Å². The fourth-order valence-corrected chi connectivity index (χ4v) is 2.92. The van der Waals surface area contributed by atoms with Crippen molar-refractivity contribution in [3.05, 3.63) is 0 Å². The van der Waals surface area contributed by atoms with Crippen molar-refractivity contribution in [3.8, 4) is 0 Å². The third-order valence-corrected chi connectivity index (χ3v) is 3.81. The molecule has 2 heteroatoms. The van der Waals surface area contributed by atoms with Crippen molar-refractivity contribution in [1.29, 1.82) is 0 Å². The van der Waals surface area contributed by atoms with Crippen molar-refractivity contribution >= 4 is 0 Å². The molecule has 2 nitrogen and oxygen atoms in total. The van der Waals surface area contributed by atoms with Gasteiger partial charge in [0.1, 0.15) is 0 Å². The van der Waals surface area contributed by atoms with Gasteiger partial charge < -0.3 is 10.6 Å². The lowest BCUT2D eigenvalue weighted by molar-refractivity contribution is 0.131. The first-order valence-electron chi connectivity index (χ1n) is 6.61. The average molecular weight is 212 g/mol. The number of hydrogen-bond donors (Lipinski definition) is 1. The van der Waals surface area contributed by atoms with Crippen LogP contribution in [0.15, 0.2) is 0 Å². The van der Waals surface area contributed by atoms with Gasteiger partial charge in [0.25, 0.3) is 0 Å². The van der Waals surface area contributed by atoms with Crippen molar-refractivity contribution in [3.63, 3.8) is 0 Å². The maximum Gasteiger partial charge on any atom is 0.0167 e. The van der Waals surface area contributed by atoms with Gasteiger partial charge >= 0.3 is 0 Å². The van der Waals surface area contributed by atoms with E-state index in [1.165, 1.54) is 32.1 Å². The molecule has 1 saturated carbocycles. The zero-order valence-electron chi connectivity index (χ0n) is 10.7. The van der Waals surface area contributed by atoms with Crippen LogP contribution < -0.4 is 5.73 Å². The quantitative estimate of drug-likeness (QED) is 0.759. The van der Waals surface area contributed by atoms with Crippen LogP contribution in [0.1, 0.15) is 52.4 Å². The Kier molecular flexibility index (Phi) is 5.62. The zero-order valence-corrected chi connectivity index (χ0v) is 10.7. The van der Waals surface area contributed by atoms with Crippen LogP contribution in [0.5, 0.6) is 0 Å². The molecule has 0 aliphatic heterocycles. The molecule has 1 rings (SSSR count). The molecule has 90 valence electrons. The molecular weight excluding hydrogens is 184 g/mol. The van der Waals surface area contributed by atoms with Crippen molar-refractivity contribution < 1.29 is 0 Å². The Morgan fingerprint density at radius 2 is 2.00 bits per heavy atom. The minimum Gasteiger partial charge on any atom is -0.327 e. The molecule has 0 saturated heterocycles. The third kappa shape index (κ3) is 4.12. The Labute approximate surface area is 95.2 Å². The lowest BCUT2D eigenvalue weighted by Crippen LogP contribution is -2.44. The van der Waals surface area contributed by atoms with Crippen LogP contribution in [0.2, 0.25) is 0 Å². The van der Waals surface area contributed by atoms with Gasteiger partial charge in [0.2, 0.25) is 0 Å². The molecule has 0 aromatic heterocycles. The highest BCUT2D eigenvalue weighted by Gasteiger charge is 2.25. The summed E-state index contributed by atoms with van der Waals surface area (Å²) in [7, 11) is 2.25. The maximum atomic E-state index is 6.10. The number of hydrogen-bond acceptors (Lipinski definition) is 2. The number of rotatable bonds is 5. The van der Waals surface area contributed by atoms with E-state index in [-0.39, 0.29) is 0 Å². The summed E-state index contributed by atoms with van der Waals surface area (Å²) in [5, 5.41) is 0. The molecule has 0 spiro atoms. The molecular formula is C13H28N2. The fourth-order valence-electron chi connectivity index (χ4n) is 2.92. The first-order valence-corrected chi connectivity index (χ1v) is 6.61. The summed E-state index contributed by atoms with van der Waals surface area (Å²) in [6.07, 6.45) is 7.96.